The Kier molecular flexibility index (Phi) is 5.80. The van der Waals surface area contributed by atoms with Crippen LogP contribution in [0.5, 0.6) is 0 Å². The summed E-state index contributed by atoms with van der Waals surface area (Å²) in [5.41, 5.74) is 6.31. The third-order valence-corrected chi connectivity index (χ3v) is 4.75. The topological polar surface area (TPSA) is 113 Å². The molecule has 0 radical (unpaired) electrons. The van der Waals surface area contributed by atoms with E-state index in [2.05, 4.69) is 5.32 Å². The minimum absolute atomic E-state index is 0.0384. The largest absolute Gasteiger partial charge is 0.329 e. The molecule has 1 fully saturated rings. The van der Waals surface area contributed by atoms with E-state index in [1.807, 2.05) is 0 Å². The quantitative estimate of drug-likeness (QED) is 0.635. The molecule has 0 bridgehead atoms. The van der Waals surface area contributed by atoms with Gasteiger partial charge in [-0.3, -0.25) is 34.3 Å². The zero-order valence-corrected chi connectivity index (χ0v) is 15.0. The first-order valence-electron chi connectivity index (χ1n) is 8.87. The number of nitrogens with one attached hydrogen (secondary N) is 1. The minimum Gasteiger partial charge on any atom is -0.329 e. The first-order valence-corrected chi connectivity index (χ1v) is 8.87. The highest BCUT2D eigenvalue weighted by Crippen LogP contribution is 2.28. The normalized spacial score (nSPS) is 19.6. The SMILES string of the molecule is NCCN(Cc1ccc2c(c1)C(=O)N(C1CCC(=O)NC1=O)C2=O)CC(F)F. The summed E-state index contributed by atoms with van der Waals surface area (Å²) in [5.74, 6) is -2.36. The molecule has 1 aromatic carbocycles. The molecule has 0 spiro atoms. The Morgan fingerprint density at radius 1 is 1.18 bits per heavy atom. The van der Waals surface area contributed by atoms with Crippen LogP contribution < -0.4 is 11.1 Å². The average molecular weight is 394 g/mol. The lowest BCUT2D eigenvalue weighted by molar-refractivity contribution is -0.136. The van der Waals surface area contributed by atoms with Gasteiger partial charge in [0.2, 0.25) is 11.8 Å². The van der Waals surface area contributed by atoms with Gasteiger partial charge in [-0.15, -0.1) is 0 Å². The Bertz CT molecular complexity index is 830. The van der Waals surface area contributed by atoms with Crippen LogP contribution in [0.1, 0.15) is 39.1 Å². The van der Waals surface area contributed by atoms with E-state index >= 15 is 0 Å². The van der Waals surface area contributed by atoms with E-state index in [1.54, 1.807) is 6.07 Å². The van der Waals surface area contributed by atoms with Crippen molar-refractivity contribution in [1.82, 2.24) is 15.1 Å². The van der Waals surface area contributed by atoms with Gasteiger partial charge in [-0.2, -0.15) is 0 Å². The number of benzene rings is 1. The van der Waals surface area contributed by atoms with Crippen LogP contribution >= 0.6 is 0 Å². The molecule has 10 heteroatoms. The first kappa shape index (κ1) is 20.0. The van der Waals surface area contributed by atoms with Gasteiger partial charge < -0.3 is 5.73 Å². The fourth-order valence-electron chi connectivity index (χ4n) is 3.49. The number of alkyl halides is 2. The van der Waals surface area contributed by atoms with Crippen molar-refractivity contribution in [3.05, 3.63) is 34.9 Å². The van der Waals surface area contributed by atoms with Gasteiger partial charge in [0.25, 0.3) is 18.2 Å². The van der Waals surface area contributed by atoms with Gasteiger partial charge in [0.1, 0.15) is 6.04 Å². The van der Waals surface area contributed by atoms with Gasteiger partial charge in [0.05, 0.1) is 17.7 Å². The van der Waals surface area contributed by atoms with Crippen LogP contribution in [0.2, 0.25) is 0 Å². The highest BCUT2D eigenvalue weighted by atomic mass is 19.3. The smallest absolute Gasteiger partial charge is 0.262 e. The zero-order chi connectivity index (χ0) is 20.4. The summed E-state index contributed by atoms with van der Waals surface area (Å²) in [7, 11) is 0. The first-order chi connectivity index (χ1) is 13.3. The highest BCUT2D eigenvalue weighted by molar-refractivity contribution is 6.23. The van der Waals surface area contributed by atoms with Crippen molar-refractivity contribution < 1.29 is 28.0 Å². The fraction of sp³-hybridized carbons (Fsp3) is 0.444. The fourth-order valence-corrected chi connectivity index (χ4v) is 3.49. The number of amides is 4. The number of piperidine rings is 1. The Morgan fingerprint density at radius 2 is 1.89 bits per heavy atom. The lowest BCUT2D eigenvalue weighted by Gasteiger charge is -2.27. The second-order valence-electron chi connectivity index (χ2n) is 6.74. The molecule has 28 heavy (non-hydrogen) atoms. The van der Waals surface area contributed by atoms with Crippen LogP contribution in [-0.4, -0.2) is 65.5 Å². The van der Waals surface area contributed by atoms with E-state index in [4.69, 9.17) is 5.73 Å². The summed E-state index contributed by atoms with van der Waals surface area (Å²) >= 11 is 0. The van der Waals surface area contributed by atoms with Crippen molar-refractivity contribution in [2.45, 2.75) is 31.9 Å². The summed E-state index contributed by atoms with van der Waals surface area (Å²) < 4.78 is 25.4. The van der Waals surface area contributed by atoms with Crippen molar-refractivity contribution in [1.29, 1.82) is 0 Å². The number of hydrogen-bond donors (Lipinski definition) is 2. The van der Waals surface area contributed by atoms with E-state index in [9.17, 15) is 28.0 Å². The Labute approximate surface area is 159 Å². The number of carbonyl (C=O) groups is 4. The summed E-state index contributed by atoms with van der Waals surface area (Å²) in [4.78, 5) is 51.1. The van der Waals surface area contributed by atoms with Gasteiger partial charge in [-0.1, -0.05) is 6.07 Å². The molecule has 0 aliphatic carbocycles. The molecule has 3 rings (SSSR count). The number of carbonyl (C=O) groups excluding carboxylic acids is 4. The van der Waals surface area contributed by atoms with Gasteiger partial charge >= 0.3 is 0 Å². The number of halogens is 2. The lowest BCUT2D eigenvalue weighted by Crippen LogP contribution is -2.54. The Hall–Kier alpha value is -2.72. The predicted molar refractivity (Wildman–Crippen MR) is 93.4 cm³/mol. The number of fused-ring (bicyclic) bond motifs is 1. The standard InChI is InChI=1S/C18H20F2N4O4/c19-14(20)9-23(6-5-21)8-10-1-2-11-12(7-10)18(28)24(17(11)27)13-3-4-15(25)22-16(13)26/h1-2,7,13-14H,3-6,8-9,21H2,(H,22,25,26). The maximum absolute atomic E-state index is 12.8. The second kappa shape index (κ2) is 8.11. The lowest BCUT2D eigenvalue weighted by atomic mass is 10.0. The molecule has 8 nitrogen and oxygen atoms in total. The van der Waals surface area contributed by atoms with Crippen LogP contribution in [-0.2, 0) is 16.1 Å². The molecule has 150 valence electrons. The molecule has 0 aromatic heterocycles. The molecular weight excluding hydrogens is 374 g/mol. The van der Waals surface area contributed by atoms with Crippen LogP contribution in [0.15, 0.2) is 18.2 Å². The number of rotatable bonds is 7. The van der Waals surface area contributed by atoms with Crippen molar-refractivity contribution in [2.75, 3.05) is 19.6 Å². The van der Waals surface area contributed by atoms with Crippen molar-refractivity contribution >= 4 is 23.6 Å². The summed E-state index contributed by atoms with van der Waals surface area (Å²) in [6.07, 6.45) is -2.41. The molecule has 2 aliphatic heterocycles. The highest BCUT2D eigenvalue weighted by Gasteiger charge is 2.44. The van der Waals surface area contributed by atoms with Gasteiger partial charge in [0.15, 0.2) is 0 Å². The van der Waals surface area contributed by atoms with Gasteiger partial charge in [-0.05, 0) is 24.1 Å². The van der Waals surface area contributed by atoms with Crippen LogP contribution in [0.25, 0.3) is 0 Å². The molecule has 1 atom stereocenters. The number of imide groups is 2. The van der Waals surface area contributed by atoms with Gasteiger partial charge in [-0.25, -0.2) is 8.78 Å². The summed E-state index contributed by atoms with van der Waals surface area (Å²) in [6, 6.07) is 3.49. The molecule has 1 unspecified atom stereocenters. The number of nitrogens with zero attached hydrogens (tertiary/aromatic N) is 2. The maximum Gasteiger partial charge on any atom is 0.262 e. The molecule has 4 amide bonds. The maximum atomic E-state index is 12.8. The monoisotopic (exact) mass is 394 g/mol. The van der Waals surface area contributed by atoms with Crippen LogP contribution in [0.4, 0.5) is 8.78 Å². The van der Waals surface area contributed by atoms with Gasteiger partial charge in [0, 0.05) is 26.1 Å². The summed E-state index contributed by atoms with van der Waals surface area (Å²) in [6.45, 7) is 0.160. The predicted octanol–water partition coefficient (Wildman–Crippen LogP) is 0.114. The van der Waals surface area contributed by atoms with Crippen molar-refractivity contribution in [3.8, 4) is 0 Å². The third-order valence-electron chi connectivity index (χ3n) is 4.75. The van der Waals surface area contributed by atoms with Crippen LogP contribution in [0.3, 0.4) is 0 Å². The third kappa shape index (κ3) is 3.92. The van der Waals surface area contributed by atoms with E-state index in [1.165, 1.54) is 17.0 Å². The molecule has 1 saturated heterocycles. The number of hydrogen-bond acceptors (Lipinski definition) is 6. The second-order valence-corrected chi connectivity index (χ2v) is 6.74. The average Bonchev–Trinajstić information content (AvgIpc) is 2.86. The molecule has 3 N–H and O–H groups in total. The molecular formula is C18H20F2N4O4. The molecule has 1 aromatic rings. The van der Waals surface area contributed by atoms with Crippen molar-refractivity contribution in [3.63, 3.8) is 0 Å². The van der Waals surface area contributed by atoms with Crippen LogP contribution in [0, 0.1) is 0 Å². The Balaban J connectivity index is 1.81. The van der Waals surface area contributed by atoms with E-state index in [0.29, 0.717) is 5.56 Å². The van der Waals surface area contributed by atoms with Crippen molar-refractivity contribution in [2.24, 2.45) is 5.73 Å². The van der Waals surface area contributed by atoms with E-state index < -0.39 is 42.6 Å². The summed E-state index contributed by atoms with van der Waals surface area (Å²) in [5, 5.41) is 2.13. The Morgan fingerprint density at radius 3 is 2.54 bits per heavy atom. The van der Waals surface area contributed by atoms with E-state index in [-0.39, 0.29) is 43.6 Å². The molecule has 2 heterocycles. The molecule has 2 aliphatic rings. The number of nitrogens with two attached hydrogens (primary N) is 1. The molecule has 0 saturated carbocycles. The zero-order valence-electron chi connectivity index (χ0n) is 15.0. The minimum atomic E-state index is -2.52. The van der Waals surface area contributed by atoms with E-state index in [0.717, 1.165) is 4.90 Å².